The van der Waals surface area contributed by atoms with Crippen molar-refractivity contribution in [3.05, 3.63) is 41.2 Å². The molecule has 9 heteroatoms. The van der Waals surface area contributed by atoms with Gasteiger partial charge in [0.2, 0.25) is 5.91 Å². The minimum absolute atomic E-state index is 0.144. The molecule has 0 saturated heterocycles. The van der Waals surface area contributed by atoms with Gasteiger partial charge in [-0.15, -0.1) is 0 Å². The molecule has 2 aromatic rings. The van der Waals surface area contributed by atoms with Crippen LogP contribution in [0.25, 0.3) is 11.4 Å². The number of hydrogen-bond acceptors (Lipinski definition) is 5. The first kappa shape index (κ1) is 23.3. The molecule has 170 valence electrons. The molecule has 1 aromatic heterocycles. The summed E-state index contributed by atoms with van der Waals surface area (Å²) in [5, 5.41) is 2.56. The van der Waals surface area contributed by atoms with Gasteiger partial charge in [0.05, 0.1) is 5.69 Å². The molecule has 32 heavy (non-hydrogen) atoms. The Bertz CT molecular complexity index is 1090. The van der Waals surface area contributed by atoms with Crippen LogP contribution in [-0.2, 0) is 17.9 Å². The van der Waals surface area contributed by atoms with Gasteiger partial charge in [-0.1, -0.05) is 32.9 Å². The van der Waals surface area contributed by atoms with Crippen molar-refractivity contribution in [2.24, 2.45) is 16.1 Å². The van der Waals surface area contributed by atoms with E-state index in [4.69, 9.17) is 5.73 Å². The summed E-state index contributed by atoms with van der Waals surface area (Å²) >= 11 is 0. The topological polar surface area (TPSA) is 123 Å². The van der Waals surface area contributed by atoms with Crippen LogP contribution >= 0.6 is 0 Å². The first-order chi connectivity index (χ1) is 15.0. The summed E-state index contributed by atoms with van der Waals surface area (Å²) < 4.78 is 2.00. The average molecular weight is 439 g/mol. The van der Waals surface area contributed by atoms with Crippen LogP contribution in [0.3, 0.4) is 0 Å². The summed E-state index contributed by atoms with van der Waals surface area (Å²) in [4.78, 5) is 48.3. The highest BCUT2D eigenvalue weighted by atomic mass is 16.2. The Morgan fingerprint density at radius 3 is 2.53 bits per heavy atom. The molecule has 0 aliphatic carbocycles. The highest BCUT2D eigenvalue weighted by Crippen LogP contribution is 2.28. The SMILES string of the molecule is CNC(=O)C(=NC(=O)c1nc(-c2cccc(C(N)=O)c2)n2c1CN(C)CCC2)C(C)(C)C. The van der Waals surface area contributed by atoms with E-state index >= 15 is 0 Å². The van der Waals surface area contributed by atoms with E-state index in [-0.39, 0.29) is 11.4 Å². The van der Waals surface area contributed by atoms with Gasteiger partial charge in [-0.25, -0.2) is 9.98 Å². The van der Waals surface area contributed by atoms with Crippen LogP contribution in [0.4, 0.5) is 0 Å². The van der Waals surface area contributed by atoms with Crippen LogP contribution in [0.15, 0.2) is 29.3 Å². The number of nitrogens with zero attached hydrogens (tertiary/aromatic N) is 4. The number of amides is 3. The van der Waals surface area contributed by atoms with Gasteiger partial charge in [0.15, 0.2) is 5.69 Å². The monoisotopic (exact) mass is 438 g/mol. The van der Waals surface area contributed by atoms with Gasteiger partial charge in [-0.05, 0) is 32.1 Å². The fourth-order valence-electron chi connectivity index (χ4n) is 3.76. The van der Waals surface area contributed by atoms with Gasteiger partial charge in [0.25, 0.3) is 11.8 Å². The third-order valence-electron chi connectivity index (χ3n) is 5.39. The van der Waals surface area contributed by atoms with E-state index in [0.717, 1.165) is 18.7 Å². The summed E-state index contributed by atoms with van der Waals surface area (Å²) in [6.07, 6.45) is 0.880. The molecule has 3 rings (SSSR count). The zero-order valence-electron chi connectivity index (χ0n) is 19.2. The number of aliphatic imine (C=N–C) groups is 1. The van der Waals surface area contributed by atoms with Crippen molar-refractivity contribution < 1.29 is 14.4 Å². The minimum Gasteiger partial charge on any atom is -0.366 e. The Hall–Kier alpha value is -3.33. The molecule has 1 aliphatic rings. The summed E-state index contributed by atoms with van der Waals surface area (Å²) in [6.45, 7) is 7.54. The standard InChI is InChI=1S/C23H30N6O3/c1-23(2,3)18(22(32)25-4)27-21(31)17-16-13-28(5)10-7-11-29(16)20(26-17)15-9-6-8-14(12-15)19(24)30/h6,8-9,12H,7,10-11,13H2,1-5H3,(H2,24,30)(H,25,32). The van der Waals surface area contributed by atoms with Crippen molar-refractivity contribution >= 4 is 23.4 Å². The van der Waals surface area contributed by atoms with Gasteiger partial charge in [0.1, 0.15) is 11.5 Å². The number of hydrogen-bond donors (Lipinski definition) is 2. The second-order valence-corrected chi connectivity index (χ2v) is 9.01. The molecule has 3 amide bonds. The Balaban J connectivity index is 2.18. The van der Waals surface area contributed by atoms with Crippen LogP contribution in [0.1, 0.15) is 53.7 Å². The van der Waals surface area contributed by atoms with E-state index in [0.29, 0.717) is 30.0 Å². The Morgan fingerprint density at radius 2 is 1.91 bits per heavy atom. The molecule has 0 saturated carbocycles. The van der Waals surface area contributed by atoms with E-state index in [9.17, 15) is 14.4 Å². The maximum atomic E-state index is 13.3. The number of aromatic nitrogens is 2. The Morgan fingerprint density at radius 1 is 1.19 bits per heavy atom. The number of carbonyl (C=O) groups excluding carboxylic acids is 3. The zero-order valence-corrected chi connectivity index (χ0v) is 19.2. The molecule has 3 N–H and O–H groups in total. The first-order valence-electron chi connectivity index (χ1n) is 10.6. The average Bonchev–Trinajstić information content (AvgIpc) is 2.97. The van der Waals surface area contributed by atoms with Gasteiger partial charge in [-0.2, -0.15) is 0 Å². The molecule has 0 radical (unpaired) electrons. The number of primary amides is 1. The fourth-order valence-corrected chi connectivity index (χ4v) is 3.76. The van der Waals surface area contributed by atoms with E-state index in [1.54, 1.807) is 18.2 Å². The Labute approximate surface area is 187 Å². The van der Waals surface area contributed by atoms with Gasteiger partial charge in [0, 0.05) is 36.7 Å². The molecule has 1 aliphatic heterocycles. The molecule has 0 spiro atoms. The third-order valence-corrected chi connectivity index (χ3v) is 5.39. The lowest BCUT2D eigenvalue weighted by Crippen LogP contribution is -2.37. The predicted octanol–water partition coefficient (Wildman–Crippen LogP) is 1.86. The lowest BCUT2D eigenvalue weighted by atomic mass is 9.89. The third kappa shape index (κ3) is 4.77. The number of nitrogens with one attached hydrogen (secondary N) is 1. The second kappa shape index (κ2) is 9.04. The first-order valence-corrected chi connectivity index (χ1v) is 10.6. The van der Waals surface area contributed by atoms with E-state index in [1.165, 1.54) is 7.05 Å². The number of benzene rings is 1. The van der Waals surface area contributed by atoms with Gasteiger partial charge >= 0.3 is 0 Å². The van der Waals surface area contributed by atoms with Crippen molar-refractivity contribution in [3.63, 3.8) is 0 Å². The lowest BCUT2D eigenvalue weighted by Gasteiger charge is -2.19. The number of nitrogens with two attached hydrogens (primary N) is 1. The minimum atomic E-state index is -0.623. The largest absolute Gasteiger partial charge is 0.366 e. The van der Waals surface area contributed by atoms with Gasteiger partial charge in [-0.3, -0.25) is 14.4 Å². The van der Waals surface area contributed by atoms with Crippen LogP contribution in [0.2, 0.25) is 0 Å². The maximum absolute atomic E-state index is 13.3. The van der Waals surface area contributed by atoms with Crippen LogP contribution in [0, 0.1) is 5.41 Å². The summed E-state index contributed by atoms with van der Waals surface area (Å²) in [7, 11) is 3.49. The van der Waals surface area contributed by atoms with Crippen molar-refractivity contribution in [3.8, 4) is 11.4 Å². The fraction of sp³-hybridized carbons (Fsp3) is 0.435. The molecular formula is C23H30N6O3. The maximum Gasteiger partial charge on any atom is 0.297 e. The molecule has 0 unspecified atom stereocenters. The quantitative estimate of drug-likeness (QED) is 0.706. The number of imidazole rings is 1. The van der Waals surface area contributed by atoms with Gasteiger partial charge < -0.3 is 20.5 Å². The van der Waals surface area contributed by atoms with Crippen LogP contribution < -0.4 is 11.1 Å². The predicted molar refractivity (Wildman–Crippen MR) is 122 cm³/mol. The highest BCUT2D eigenvalue weighted by molar-refractivity contribution is 6.42. The zero-order chi connectivity index (χ0) is 23.6. The van der Waals surface area contributed by atoms with Crippen molar-refractivity contribution in [1.82, 2.24) is 19.8 Å². The molecule has 9 nitrogen and oxygen atoms in total. The molecular weight excluding hydrogens is 408 g/mol. The highest BCUT2D eigenvalue weighted by Gasteiger charge is 2.30. The number of carbonyl (C=O) groups is 3. The number of rotatable bonds is 4. The lowest BCUT2D eigenvalue weighted by molar-refractivity contribution is -0.114. The van der Waals surface area contributed by atoms with Crippen LogP contribution in [-0.4, -0.2) is 58.5 Å². The van der Waals surface area contributed by atoms with Crippen molar-refractivity contribution in [2.75, 3.05) is 20.6 Å². The van der Waals surface area contributed by atoms with Crippen LogP contribution in [0.5, 0.6) is 0 Å². The smallest absolute Gasteiger partial charge is 0.297 e. The van der Waals surface area contributed by atoms with Crippen molar-refractivity contribution in [1.29, 1.82) is 0 Å². The number of fused-ring (bicyclic) bond motifs is 1. The van der Waals surface area contributed by atoms with E-state index in [2.05, 4.69) is 20.2 Å². The molecule has 1 aromatic carbocycles. The van der Waals surface area contributed by atoms with E-state index < -0.39 is 23.1 Å². The Kier molecular flexibility index (Phi) is 6.59. The molecule has 2 heterocycles. The molecule has 0 bridgehead atoms. The molecule has 0 atom stereocenters. The molecule has 0 fully saturated rings. The van der Waals surface area contributed by atoms with E-state index in [1.807, 2.05) is 38.5 Å². The normalized spacial score (nSPS) is 15.1. The summed E-state index contributed by atoms with van der Waals surface area (Å²) in [5.41, 5.74) is 6.98. The summed E-state index contributed by atoms with van der Waals surface area (Å²) in [5.74, 6) is -0.915. The summed E-state index contributed by atoms with van der Waals surface area (Å²) in [6, 6.07) is 6.89. The van der Waals surface area contributed by atoms with Crippen molar-refractivity contribution in [2.45, 2.75) is 40.3 Å². The second-order valence-electron chi connectivity index (χ2n) is 9.01.